The highest BCUT2D eigenvalue weighted by atomic mass is 15.1. The van der Waals surface area contributed by atoms with E-state index in [-0.39, 0.29) is 0 Å². The quantitative estimate of drug-likeness (QED) is 0.431. The predicted molar refractivity (Wildman–Crippen MR) is 119 cm³/mol. The molecule has 0 radical (unpaired) electrons. The number of pyridine rings is 1. The van der Waals surface area contributed by atoms with Crippen LogP contribution in [0.2, 0.25) is 0 Å². The Balaban J connectivity index is 1.49. The fraction of sp³-hybridized carbons (Fsp3) is 0.174. The first kappa shape index (κ1) is 17.2. The lowest BCUT2D eigenvalue weighted by Crippen LogP contribution is -2.20. The first-order chi connectivity index (χ1) is 14.8. The number of hydrogen-bond donors (Lipinski definition) is 3. The molecule has 6 rings (SSSR count). The average molecular weight is 395 g/mol. The maximum absolute atomic E-state index is 4.96. The molecule has 1 aliphatic heterocycles. The Morgan fingerprint density at radius 2 is 2.07 bits per heavy atom. The molecule has 1 aromatic carbocycles. The van der Waals surface area contributed by atoms with Crippen LogP contribution in [0.5, 0.6) is 0 Å². The number of rotatable bonds is 3. The summed E-state index contributed by atoms with van der Waals surface area (Å²) in [6.07, 6.45) is 7.10. The molecular formula is C23H21N7. The maximum Gasteiger partial charge on any atom is 0.135 e. The number of aromatic nitrogens is 6. The number of H-pyrrole nitrogens is 2. The topological polar surface area (TPSA) is 87.2 Å². The number of benzene rings is 1. The molecule has 1 aliphatic rings. The normalized spacial score (nSPS) is 14.5. The van der Waals surface area contributed by atoms with E-state index in [1.165, 1.54) is 5.57 Å². The Morgan fingerprint density at radius 3 is 2.90 bits per heavy atom. The van der Waals surface area contributed by atoms with Gasteiger partial charge in [-0.05, 0) is 55.8 Å². The van der Waals surface area contributed by atoms with Crippen LogP contribution in [0.1, 0.15) is 17.8 Å². The lowest BCUT2D eigenvalue weighted by molar-refractivity contribution is 0.737. The zero-order valence-electron chi connectivity index (χ0n) is 16.6. The SMILES string of the molecule is Cc1cn(-c2cccc3[nH]c(-c4n[nH]c5ccc(C6=CCNCC6)nc45)cc23)cn1. The lowest BCUT2D eigenvalue weighted by atomic mass is 10.0. The minimum absolute atomic E-state index is 0.838. The van der Waals surface area contributed by atoms with Crippen LogP contribution in [0.3, 0.4) is 0 Å². The van der Waals surface area contributed by atoms with E-state index in [2.05, 4.69) is 72.5 Å². The van der Waals surface area contributed by atoms with Gasteiger partial charge >= 0.3 is 0 Å². The van der Waals surface area contributed by atoms with Gasteiger partial charge in [0.05, 0.1) is 34.6 Å². The molecule has 0 bridgehead atoms. The summed E-state index contributed by atoms with van der Waals surface area (Å²) in [5.74, 6) is 0. The van der Waals surface area contributed by atoms with Crippen LogP contribution in [0, 0.1) is 6.92 Å². The van der Waals surface area contributed by atoms with E-state index in [4.69, 9.17) is 4.98 Å². The molecule has 7 heteroatoms. The van der Waals surface area contributed by atoms with E-state index < -0.39 is 0 Å². The number of aryl methyl sites for hydroxylation is 1. The Kier molecular flexibility index (Phi) is 3.82. The average Bonchev–Trinajstić information content (AvgIpc) is 3.51. The first-order valence-corrected chi connectivity index (χ1v) is 10.1. The molecule has 30 heavy (non-hydrogen) atoms. The van der Waals surface area contributed by atoms with Crippen molar-refractivity contribution in [2.45, 2.75) is 13.3 Å². The molecule has 0 aliphatic carbocycles. The minimum atomic E-state index is 0.838. The number of aromatic amines is 2. The van der Waals surface area contributed by atoms with Crippen molar-refractivity contribution < 1.29 is 0 Å². The lowest BCUT2D eigenvalue weighted by Gasteiger charge is -2.13. The smallest absolute Gasteiger partial charge is 0.135 e. The fourth-order valence-corrected chi connectivity index (χ4v) is 4.17. The summed E-state index contributed by atoms with van der Waals surface area (Å²) >= 11 is 0. The second-order valence-electron chi connectivity index (χ2n) is 7.69. The van der Waals surface area contributed by atoms with Gasteiger partial charge in [0.25, 0.3) is 0 Å². The van der Waals surface area contributed by atoms with E-state index in [1.54, 1.807) is 0 Å². The number of imidazole rings is 1. The van der Waals surface area contributed by atoms with Crippen LogP contribution in [0.4, 0.5) is 0 Å². The van der Waals surface area contributed by atoms with E-state index in [0.717, 1.165) is 69.9 Å². The molecule has 4 aromatic heterocycles. The summed E-state index contributed by atoms with van der Waals surface area (Å²) in [7, 11) is 0. The summed E-state index contributed by atoms with van der Waals surface area (Å²) < 4.78 is 2.05. The van der Waals surface area contributed by atoms with Crippen LogP contribution < -0.4 is 5.32 Å². The Hall–Kier alpha value is -3.71. The summed E-state index contributed by atoms with van der Waals surface area (Å²) in [6, 6.07) is 12.5. The van der Waals surface area contributed by atoms with Crippen LogP contribution in [-0.2, 0) is 0 Å². The van der Waals surface area contributed by atoms with Gasteiger partial charge in [-0.25, -0.2) is 9.97 Å². The molecule has 148 valence electrons. The van der Waals surface area contributed by atoms with Crippen molar-refractivity contribution in [3.05, 3.63) is 66.4 Å². The second kappa shape index (κ2) is 6.67. The summed E-state index contributed by atoms with van der Waals surface area (Å²) in [4.78, 5) is 12.9. The molecule has 0 spiro atoms. The van der Waals surface area contributed by atoms with Crippen molar-refractivity contribution in [3.8, 4) is 17.1 Å². The van der Waals surface area contributed by atoms with E-state index in [0.29, 0.717) is 0 Å². The van der Waals surface area contributed by atoms with Crippen LogP contribution in [0.25, 0.3) is 44.6 Å². The molecule has 5 heterocycles. The molecule has 0 amide bonds. The van der Waals surface area contributed by atoms with Crippen molar-refractivity contribution in [1.82, 2.24) is 35.0 Å². The van der Waals surface area contributed by atoms with Gasteiger partial charge < -0.3 is 14.9 Å². The van der Waals surface area contributed by atoms with E-state index in [9.17, 15) is 0 Å². The van der Waals surface area contributed by atoms with Gasteiger partial charge in [-0.3, -0.25) is 5.10 Å². The highest BCUT2D eigenvalue weighted by Gasteiger charge is 2.16. The van der Waals surface area contributed by atoms with Crippen LogP contribution >= 0.6 is 0 Å². The minimum Gasteiger partial charge on any atom is -0.353 e. The summed E-state index contributed by atoms with van der Waals surface area (Å²) in [5.41, 5.74) is 9.06. The monoisotopic (exact) mass is 395 g/mol. The molecule has 0 saturated heterocycles. The van der Waals surface area contributed by atoms with Gasteiger partial charge in [-0.2, -0.15) is 5.10 Å². The number of fused-ring (bicyclic) bond motifs is 2. The molecule has 7 nitrogen and oxygen atoms in total. The van der Waals surface area contributed by atoms with Gasteiger partial charge in [0, 0.05) is 23.6 Å². The summed E-state index contributed by atoms with van der Waals surface area (Å²) in [5, 5.41) is 12.2. The first-order valence-electron chi connectivity index (χ1n) is 10.1. The Labute approximate surface area is 172 Å². The Bertz CT molecular complexity index is 1420. The van der Waals surface area contributed by atoms with E-state index in [1.807, 2.05) is 19.4 Å². The number of nitrogens with zero attached hydrogens (tertiary/aromatic N) is 4. The van der Waals surface area contributed by atoms with Crippen molar-refractivity contribution in [1.29, 1.82) is 0 Å². The van der Waals surface area contributed by atoms with Gasteiger partial charge in [0.15, 0.2) is 0 Å². The predicted octanol–water partition coefficient (Wildman–Crippen LogP) is 3.98. The molecule has 0 fully saturated rings. The number of nitrogens with one attached hydrogen (secondary N) is 3. The summed E-state index contributed by atoms with van der Waals surface area (Å²) in [6.45, 7) is 3.88. The van der Waals surface area contributed by atoms with Gasteiger partial charge in [0.1, 0.15) is 11.2 Å². The third kappa shape index (κ3) is 2.74. The van der Waals surface area contributed by atoms with Crippen LogP contribution in [0.15, 0.2) is 55.0 Å². The van der Waals surface area contributed by atoms with Crippen molar-refractivity contribution in [2.24, 2.45) is 0 Å². The van der Waals surface area contributed by atoms with Gasteiger partial charge in [-0.15, -0.1) is 0 Å². The van der Waals surface area contributed by atoms with Crippen LogP contribution in [-0.4, -0.2) is 42.8 Å². The molecule has 0 unspecified atom stereocenters. The highest BCUT2D eigenvalue weighted by Crippen LogP contribution is 2.31. The fourth-order valence-electron chi connectivity index (χ4n) is 4.17. The second-order valence-corrected chi connectivity index (χ2v) is 7.69. The molecule has 0 atom stereocenters. The molecule has 0 saturated carbocycles. The molecular weight excluding hydrogens is 374 g/mol. The maximum atomic E-state index is 4.96. The van der Waals surface area contributed by atoms with Crippen molar-refractivity contribution >= 4 is 27.5 Å². The highest BCUT2D eigenvalue weighted by molar-refractivity contribution is 5.97. The molecule has 5 aromatic rings. The van der Waals surface area contributed by atoms with Crippen molar-refractivity contribution in [2.75, 3.05) is 13.1 Å². The third-order valence-corrected chi connectivity index (χ3v) is 5.69. The third-order valence-electron chi connectivity index (χ3n) is 5.69. The zero-order chi connectivity index (χ0) is 20.1. The largest absolute Gasteiger partial charge is 0.353 e. The van der Waals surface area contributed by atoms with Gasteiger partial charge in [0.2, 0.25) is 0 Å². The van der Waals surface area contributed by atoms with Crippen molar-refractivity contribution in [3.63, 3.8) is 0 Å². The Morgan fingerprint density at radius 1 is 1.10 bits per heavy atom. The zero-order valence-corrected chi connectivity index (χ0v) is 16.6. The van der Waals surface area contributed by atoms with E-state index >= 15 is 0 Å². The van der Waals surface area contributed by atoms with Gasteiger partial charge in [-0.1, -0.05) is 12.1 Å². The number of hydrogen-bond acceptors (Lipinski definition) is 4. The molecule has 3 N–H and O–H groups in total. The standard InChI is InChI=1S/C23H21N7/c1-14-12-30(13-25-14)21-4-2-3-18-16(21)11-20(26-18)23-22-19(28-29-23)6-5-17(27-22)15-7-9-24-10-8-15/h2-7,11-13,24,26H,8-10H2,1H3,(H,28,29).